The highest BCUT2D eigenvalue weighted by Crippen LogP contribution is 2.20. The van der Waals surface area contributed by atoms with Gasteiger partial charge in [-0.15, -0.1) is 0 Å². The van der Waals surface area contributed by atoms with E-state index >= 15 is 0 Å². The van der Waals surface area contributed by atoms with E-state index in [1.165, 1.54) is 0 Å². The summed E-state index contributed by atoms with van der Waals surface area (Å²) >= 11 is 0. The fourth-order valence-electron chi connectivity index (χ4n) is 2.18. The monoisotopic (exact) mass is 242 g/mol. The highest BCUT2D eigenvalue weighted by molar-refractivity contribution is 5.78. The van der Waals surface area contributed by atoms with Crippen molar-refractivity contribution in [3.05, 3.63) is 0 Å². The van der Waals surface area contributed by atoms with Crippen LogP contribution in [0.2, 0.25) is 0 Å². The normalized spacial score (nSPS) is 20.6. The van der Waals surface area contributed by atoms with E-state index in [9.17, 15) is 9.90 Å². The second-order valence-corrected chi connectivity index (χ2v) is 5.45. The molecular formula is C13H26N2O2. The summed E-state index contributed by atoms with van der Waals surface area (Å²) in [5, 5.41) is 9.51. The van der Waals surface area contributed by atoms with Crippen molar-refractivity contribution in [2.75, 3.05) is 26.7 Å². The van der Waals surface area contributed by atoms with Gasteiger partial charge in [-0.3, -0.25) is 9.69 Å². The third kappa shape index (κ3) is 4.28. The van der Waals surface area contributed by atoms with Crippen LogP contribution in [0.15, 0.2) is 0 Å². The molecule has 17 heavy (non-hydrogen) atoms. The van der Waals surface area contributed by atoms with Crippen molar-refractivity contribution < 1.29 is 9.90 Å². The van der Waals surface area contributed by atoms with E-state index in [1.54, 1.807) is 4.90 Å². The zero-order valence-corrected chi connectivity index (χ0v) is 11.5. The predicted octanol–water partition coefficient (Wildman–Crippen LogP) is 0.946. The lowest BCUT2D eigenvalue weighted by molar-refractivity contribution is -0.133. The van der Waals surface area contributed by atoms with Gasteiger partial charge in [0.15, 0.2) is 0 Å². The van der Waals surface area contributed by atoms with Crippen molar-refractivity contribution in [1.29, 1.82) is 0 Å². The summed E-state index contributed by atoms with van der Waals surface area (Å²) in [5.74, 6) is 0.597. The van der Waals surface area contributed by atoms with Crippen LogP contribution < -0.4 is 0 Å². The van der Waals surface area contributed by atoms with Crippen LogP contribution in [-0.2, 0) is 4.79 Å². The van der Waals surface area contributed by atoms with Crippen LogP contribution in [0.4, 0.5) is 0 Å². The number of carbonyl (C=O) groups is 1. The summed E-state index contributed by atoms with van der Waals surface area (Å²) in [7, 11) is 1.86. The average Bonchev–Trinajstić information content (AvgIpc) is 2.28. The predicted molar refractivity (Wildman–Crippen MR) is 68.8 cm³/mol. The first-order valence-electron chi connectivity index (χ1n) is 6.58. The van der Waals surface area contributed by atoms with Gasteiger partial charge in [-0.1, -0.05) is 0 Å². The summed E-state index contributed by atoms with van der Waals surface area (Å²) in [6.45, 7) is 8.27. The number of hydrogen-bond acceptors (Lipinski definition) is 3. The number of likely N-dealkylation sites (tertiary alicyclic amines) is 1. The quantitative estimate of drug-likeness (QED) is 0.798. The molecular weight excluding hydrogens is 216 g/mol. The summed E-state index contributed by atoms with van der Waals surface area (Å²) < 4.78 is 0. The second kappa shape index (κ2) is 6.36. The zero-order chi connectivity index (χ0) is 13.0. The standard InChI is InChI=1S/C13H26N2O2/c1-10(2)14(4)13(17)9-15-7-5-12(6-8-15)11(3)16/h10-12,16H,5-9H2,1-4H3. The fourth-order valence-corrected chi connectivity index (χ4v) is 2.18. The van der Waals surface area contributed by atoms with Crippen molar-refractivity contribution in [1.82, 2.24) is 9.80 Å². The number of aliphatic hydroxyl groups excluding tert-OH is 1. The van der Waals surface area contributed by atoms with Crippen LogP contribution in [-0.4, -0.2) is 59.6 Å². The Labute approximate surface area is 105 Å². The Morgan fingerprint density at radius 3 is 2.29 bits per heavy atom. The Morgan fingerprint density at radius 1 is 1.35 bits per heavy atom. The Bertz CT molecular complexity index is 246. The lowest BCUT2D eigenvalue weighted by Crippen LogP contribution is -2.45. The Hall–Kier alpha value is -0.610. The molecule has 0 bridgehead atoms. The number of amides is 1. The Morgan fingerprint density at radius 2 is 1.88 bits per heavy atom. The average molecular weight is 242 g/mol. The lowest BCUT2D eigenvalue weighted by Gasteiger charge is -2.34. The van der Waals surface area contributed by atoms with E-state index in [0.29, 0.717) is 12.5 Å². The summed E-state index contributed by atoms with van der Waals surface area (Å²) in [6, 6.07) is 0.262. The lowest BCUT2D eigenvalue weighted by atomic mass is 9.92. The molecule has 4 heteroatoms. The highest BCUT2D eigenvalue weighted by atomic mass is 16.3. The van der Waals surface area contributed by atoms with E-state index in [-0.39, 0.29) is 18.1 Å². The molecule has 0 saturated carbocycles. The van der Waals surface area contributed by atoms with E-state index in [0.717, 1.165) is 25.9 Å². The number of piperidine rings is 1. The van der Waals surface area contributed by atoms with Gasteiger partial charge in [-0.05, 0) is 52.6 Å². The van der Waals surface area contributed by atoms with Crippen LogP contribution in [0.3, 0.4) is 0 Å². The van der Waals surface area contributed by atoms with Gasteiger partial charge in [0.05, 0.1) is 12.6 Å². The van der Waals surface area contributed by atoms with Gasteiger partial charge in [0.2, 0.25) is 5.91 Å². The summed E-state index contributed by atoms with van der Waals surface area (Å²) in [4.78, 5) is 15.9. The van der Waals surface area contributed by atoms with Gasteiger partial charge < -0.3 is 10.0 Å². The molecule has 4 nitrogen and oxygen atoms in total. The van der Waals surface area contributed by atoms with Crippen molar-refractivity contribution >= 4 is 5.91 Å². The molecule has 1 rings (SSSR count). The van der Waals surface area contributed by atoms with Gasteiger partial charge in [-0.2, -0.15) is 0 Å². The number of hydrogen-bond donors (Lipinski definition) is 1. The molecule has 0 aromatic rings. The number of rotatable bonds is 4. The molecule has 0 radical (unpaired) electrons. The summed E-state index contributed by atoms with van der Waals surface area (Å²) in [5.41, 5.74) is 0. The van der Waals surface area contributed by atoms with Gasteiger partial charge in [0.25, 0.3) is 0 Å². The molecule has 1 unspecified atom stereocenters. The molecule has 1 N–H and O–H groups in total. The molecule has 1 saturated heterocycles. The SMILES string of the molecule is CC(O)C1CCN(CC(=O)N(C)C(C)C)CC1. The van der Waals surface area contributed by atoms with Crippen LogP contribution >= 0.6 is 0 Å². The number of nitrogens with zero attached hydrogens (tertiary/aromatic N) is 2. The van der Waals surface area contributed by atoms with E-state index < -0.39 is 0 Å². The second-order valence-electron chi connectivity index (χ2n) is 5.45. The molecule has 1 aliphatic heterocycles. The molecule has 0 spiro atoms. The molecule has 0 aromatic carbocycles. The molecule has 100 valence electrons. The number of carbonyl (C=O) groups excluding carboxylic acids is 1. The van der Waals surface area contributed by atoms with Gasteiger partial charge >= 0.3 is 0 Å². The molecule has 1 atom stereocenters. The van der Waals surface area contributed by atoms with Crippen molar-refractivity contribution in [2.45, 2.75) is 45.8 Å². The fraction of sp³-hybridized carbons (Fsp3) is 0.923. The van der Waals surface area contributed by atoms with Crippen LogP contribution in [0.25, 0.3) is 0 Å². The topological polar surface area (TPSA) is 43.8 Å². The molecule has 0 aliphatic carbocycles. The van der Waals surface area contributed by atoms with Gasteiger partial charge in [-0.25, -0.2) is 0 Å². The van der Waals surface area contributed by atoms with E-state index in [1.807, 2.05) is 27.8 Å². The molecule has 1 amide bonds. The largest absolute Gasteiger partial charge is 0.393 e. The number of aliphatic hydroxyl groups is 1. The van der Waals surface area contributed by atoms with Gasteiger partial charge in [0.1, 0.15) is 0 Å². The Balaban J connectivity index is 2.33. The van der Waals surface area contributed by atoms with Crippen molar-refractivity contribution in [3.63, 3.8) is 0 Å². The van der Waals surface area contributed by atoms with Crippen LogP contribution in [0, 0.1) is 5.92 Å². The maximum Gasteiger partial charge on any atom is 0.236 e. The maximum absolute atomic E-state index is 11.9. The highest BCUT2D eigenvalue weighted by Gasteiger charge is 2.24. The Kier molecular flexibility index (Phi) is 5.40. The smallest absolute Gasteiger partial charge is 0.236 e. The van der Waals surface area contributed by atoms with Gasteiger partial charge in [0, 0.05) is 13.1 Å². The van der Waals surface area contributed by atoms with Crippen LogP contribution in [0.5, 0.6) is 0 Å². The zero-order valence-electron chi connectivity index (χ0n) is 11.5. The summed E-state index contributed by atoms with van der Waals surface area (Å²) in [6.07, 6.45) is 1.78. The first-order valence-corrected chi connectivity index (χ1v) is 6.58. The first-order chi connectivity index (χ1) is 7.91. The van der Waals surface area contributed by atoms with E-state index in [2.05, 4.69) is 4.90 Å². The molecule has 1 heterocycles. The molecule has 1 aliphatic rings. The van der Waals surface area contributed by atoms with E-state index in [4.69, 9.17) is 0 Å². The minimum absolute atomic E-state index is 0.190. The van der Waals surface area contributed by atoms with Crippen molar-refractivity contribution in [3.8, 4) is 0 Å². The first kappa shape index (κ1) is 14.5. The third-order valence-electron chi connectivity index (χ3n) is 3.84. The third-order valence-corrected chi connectivity index (χ3v) is 3.84. The molecule has 1 fully saturated rings. The van der Waals surface area contributed by atoms with Crippen molar-refractivity contribution in [2.24, 2.45) is 5.92 Å². The molecule has 0 aromatic heterocycles. The minimum atomic E-state index is -0.216. The maximum atomic E-state index is 11.9. The number of likely N-dealkylation sites (N-methyl/N-ethyl adjacent to an activating group) is 1. The minimum Gasteiger partial charge on any atom is -0.393 e. The van der Waals surface area contributed by atoms with Crippen LogP contribution in [0.1, 0.15) is 33.6 Å².